The molecule has 8 heteroatoms. The molecule has 1 saturated heterocycles. The largest absolute Gasteiger partial charge is 0.478 e. The van der Waals surface area contributed by atoms with Gasteiger partial charge in [-0.2, -0.15) is 0 Å². The highest BCUT2D eigenvalue weighted by molar-refractivity contribution is 6.43. The molecule has 1 amide bonds. The quantitative estimate of drug-likeness (QED) is 0.710. The van der Waals surface area contributed by atoms with Crippen LogP contribution in [0.2, 0.25) is 0 Å². The molecule has 2 aliphatic heterocycles. The molecule has 2 aliphatic rings. The van der Waals surface area contributed by atoms with Crippen LogP contribution >= 0.6 is 11.6 Å². The number of benzene rings is 1. The van der Waals surface area contributed by atoms with E-state index in [0.717, 1.165) is 17.7 Å². The van der Waals surface area contributed by atoms with Gasteiger partial charge in [0.25, 0.3) is 5.91 Å². The molecule has 0 radical (unpaired) electrons. The van der Waals surface area contributed by atoms with Crippen LogP contribution in [0.15, 0.2) is 40.0 Å². The number of aliphatic imine (C=N–C) groups is 1. The number of carbonyl (C=O) groups excluding carboxylic acids is 1. The van der Waals surface area contributed by atoms with Crippen LogP contribution in [-0.4, -0.2) is 55.0 Å². The number of anilines is 1. The van der Waals surface area contributed by atoms with E-state index in [1.807, 2.05) is 13.0 Å². The summed E-state index contributed by atoms with van der Waals surface area (Å²) in [6.07, 6.45) is 1.71. The molecule has 0 unspecified atom stereocenters. The number of piperidine rings is 1. The second-order valence-corrected chi connectivity index (χ2v) is 7.29. The van der Waals surface area contributed by atoms with Crippen molar-refractivity contribution in [2.45, 2.75) is 38.3 Å². The molecule has 3 rings (SSSR count). The van der Waals surface area contributed by atoms with Crippen molar-refractivity contribution in [1.82, 2.24) is 5.32 Å². The first-order valence-corrected chi connectivity index (χ1v) is 9.67. The fourth-order valence-electron chi connectivity index (χ4n) is 3.56. The van der Waals surface area contributed by atoms with E-state index in [0.29, 0.717) is 36.8 Å². The van der Waals surface area contributed by atoms with Crippen molar-refractivity contribution in [1.29, 1.82) is 0 Å². The molecule has 150 valence electrons. The van der Waals surface area contributed by atoms with E-state index in [1.54, 1.807) is 25.3 Å². The molecular formula is C20H24ClN3O4. The minimum Gasteiger partial charge on any atom is -0.478 e. The van der Waals surface area contributed by atoms with Crippen molar-refractivity contribution >= 4 is 34.9 Å². The van der Waals surface area contributed by atoms with Crippen LogP contribution < -0.4 is 10.2 Å². The monoisotopic (exact) mass is 405 g/mol. The lowest BCUT2D eigenvalue weighted by Crippen LogP contribution is -2.56. The van der Waals surface area contributed by atoms with E-state index < -0.39 is 5.97 Å². The maximum absolute atomic E-state index is 12.6. The lowest BCUT2D eigenvalue weighted by molar-refractivity contribution is -0.116. The van der Waals surface area contributed by atoms with Gasteiger partial charge in [-0.15, -0.1) is 0 Å². The van der Waals surface area contributed by atoms with Crippen molar-refractivity contribution < 1.29 is 19.4 Å². The predicted molar refractivity (Wildman–Crippen MR) is 108 cm³/mol. The van der Waals surface area contributed by atoms with Gasteiger partial charge in [0.15, 0.2) is 0 Å². The SMILES string of the molecule is CCC1=C(Cl)N=C(C(=O)N[C@@H]2CCN(c3cccc(C(=O)O)c3)C[C@@H]2OC)C1. The maximum Gasteiger partial charge on any atom is 0.335 e. The summed E-state index contributed by atoms with van der Waals surface area (Å²) in [5.41, 5.74) is 2.49. The molecule has 1 aromatic carbocycles. The van der Waals surface area contributed by atoms with E-state index in [4.69, 9.17) is 16.3 Å². The van der Waals surface area contributed by atoms with Crippen LogP contribution in [0.25, 0.3) is 0 Å². The molecule has 0 bridgehead atoms. The number of aromatic carboxylic acids is 1. The summed E-state index contributed by atoms with van der Waals surface area (Å²) in [5.74, 6) is -1.17. The third kappa shape index (κ3) is 4.36. The van der Waals surface area contributed by atoms with Crippen LogP contribution in [0.4, 0.5) is 5.69 Å². The number of carboxylic acids is 1. The van der Waals surface area contributed by atoms with Gasteiger partial charge in [-0.3, -0.25) is 4.79 Å². The van der Waals surface area contributed by atoms with Gasteiger partial charge >= 0.3 is 5.97 Å². The smallest absolute Gasteiger partial charge is 0.335 e. The van der Waals surface area contributed by atoms with E-state index in [2.05, 4.69) is 15.2 Å². The van der Waals surface area contributed by atoms with Gasteiger partial charge in [-0.25, -0.2) is 9.79 Å². The molecular weight excluding hydrogens is 382 g/mol. The van der Waals surface area contributed by atoms with Gasteiger partial charge in [-0.1, -0.05) is 24.6 Å². The van der Waals surface area contributed by atoms with Crippen LogP contribution in [0.5, 0.6) is 0 Å². The first kappa shape index (κ1) is 20.4. The van der Waals surface area contributed by atoms with Crippen LogP contribution in [0.3, 0.4) is 0 Å². The topological polar surface area (TPSA) is 91.2 Å². The first-order chi connectivity index (χ1) is 13.4. The maximum atomic E-state index is 12.6. The normalized spacial score (nSPS) is 22.2. The number of nitrogens with zero attached hydrogens (tertiary/aromatic N) is 2. The highest BCUT2D eigenvalue weighted by atomic mass is 35.5. The van der Waals surface area contributed by atoms with Crippen LogP contribution in [0.1, 0.15) is 36.5 Å². The molecule has 1 aromatic rings. The van der Waals surface area contributed by atoms with Crippen LogP contribution in [-0.2, 0) is 9.53 Å². The van der Waals surface area contributed by atoms with Gasteiger partial charge < -0.3 is 20.1 Å². The summed E-state index contributed by atoms with van der Waals surface area (Å²) in [7, 11) is 1.61. The molecule has 2 atom stereocenters. The minimum absolute atomic E-state index is 0.149. The standard InChI is InChI=1S/C20H24ClN3O4/c1-3-12-10-16(22-18(12)21)19(25)23-15-7-8-24(11-17(15)28-2)14-6-4-5-13(9-14)20(26)27/h4-6,9,15,17H,3,7-8,10-11H2,1-2H3,(H,23,25)(H,26,27)/t15-,17+/m1/s1. The zero-order valence-electron chi connectivity index (χ0n) is 15.9. The zero-order chi connectivity index (χ0) is 20.3. The molecule has 2 heterocycles. The summed E-state index contributed by atoms with van der Waals surface area (Å²) >= 11 is 6.08. The number of ether oxygens (including phenoxy) is 1. The molecule has 2 N–H and O–H groups in total. The number of hydrogen-bond acceptors (Lipinski definition) is 5. The van der Waals surface area contributed by atoms with Gasteiger partial charge in [-0.05, 0) is 36.6 Å². The Labute approximate surface area is 169 Å². The van der Waals surface area contributed by atoms with Gasteiger partial charge in [0.05, 0.1) is 17.7 Å². The zero-order valence-corrected chi connectivity index (χ0v) is 16.7. The number of methoxy groups -OCH3 is 1. The molecule has 0 aliphatic carbocycles. The fourth-order valence-corrected chi connectivity index (χ4v) is 3.86. The number of halogens is 1. The highest BCUT2D eigenvalue weighted by Gasteiger charge is 2.32. The molecule has 7 nitrogen and oxygen atoms in total. The number of nitrogens with one attached hydrogen (secondary N) is 1. The number of carboxylic acid groups (broad SMARTS) is 1. The first-order valence-electron chi connectivity index (χ1n) is 9.30. The van der Waals surface area contributed by atoms with Gasteiger partial charge in [0.1, 0.15) is 10.9 Å². The summed E-state index contributed by atoms with van der Waals surface area (Å²) in [6.45, 7) is 3.22. The highest BCUT2D eigenvalue weighted by Crippen LogP contribution is 2.26. The van der Waals surface area contributed by atoms with Crippen molar-refractivity contribution in [3.8, 4) is 0 Å². The number of carbonyl (C=O) groups is 2. The Morgan fingerprint density at radius 3 is 2.86 bits per heavy atom. The van der Waals surface area contributed by atoms with Crippen molar-refractivity contribution in [3.05, 3.63) is 40.6 Å². The Morgan fingerprint density at radius 2 is 2.21 bits per heavy atom. The van der Waals surface area contributed by atoms with Crippen molar-refractivity contribution in [2.75, 3.05) is 25.1 Å². The van der Waals surface area contributed by atoms with Gasteiger partial charge in [0, 0.05) is 32.3 Å². The average Bonchev–Trinajstić information content (AvgIpc) is 3.09. The lowest BCUT2D eigenvalue weighted by Gasteiger charge is -2.39. The Bertz CT molecular complexity index is 836. The number of amides is 1. The molecule has 1 fully saturated rings. The molecule has 0 saturated carbocycles. The average molecular weight is 406 g/mol. The van der Waals surface area contributed by atoms with Crippen LogP contribution in [0, 0.1) is 0 Å². The Hall–Kier alpha value is -2.38. The summed E-state index contributed by atoms with van der Waals surface area (Å²) in [6, 6.07) is 6.68. The Kier molecular flexibility index (Phi) is 6.36. The number of rotatable bonds is 6. The van der Waals surface area contributed by atoms with E-state index in [9.17, 15) is 14.7 Å². The van der Waals surface area contributed by atoms with Crippen molar-refractivity contribution in [2.24, 2.45) is 4.99 Å². The summed E-state index contributed by atoms with van der Waals surface area (Å²) in [5, 5.41) is 12.6. The summed E-state index contributed by atoms with van der Waals surface area (Å²) < 4.78 is 5.61. The lowest BCUT2D eigenvalue weighted by atomic mass is 9.99. The second kappa shape index (κ2) is 8.75. The van der Waals surface area contributed by atoms with Crippen molar-refractivity contribution in [3.63, 3.8) is 0 Å². The minimum atomic E-state index is -0.955. The molecule has 0 aromatic heterocycles. The third-order valence-electron chi connectivity index (χ3n) is 5.23. The number of allylic oxidation sites excluding steroid dienone is 1. The van der Waals surface area contributed by atoms with E-state index >= 15 is 0 Å². The second-order valence-electron chi connectivity index (χ2n) is 6.93. The molecule has 0 spiro atoms. The predicted octanol–water partition coefficient (Wildman–Crippen LogP) is 2.80. The molecule has 28 heavy (non-hydrogen) atoms. The van der Waals surface area contributed by atoms with E-state index in [-0.39, 0.29) is 23.6 Å². The van der Waals surface area contributed by atoms with Gasteiger partial charge in [0.2, 0.25) is 0 Å². The fraction of sp³-hybridized carbons (Fsp3) is 0.450. The van der Waals surface area contributed by atoms with E-state index in [1.165, 1.54) is 0 Å². The Balaban J connectivity index is 1.64. The summed E-state index contributed by atoms with van der Waals surface area (Å²) in [4.78, 5) is 30.1. The Morgan fingerprint density at radius 1 is 1.43 bits per heavy atom. The number of hydrogen-bond donors (Lipinski definition) is 2. The third-order valence-corrected chi connectivity index (χ3v) is 5.58.